The third-order valence-corrected chi connectivity index (χ3v) is 3.09. The van der Waals surface area contributed by atoms with Gasteiger partial charge >= 0.3 is 5.97 Å². The van der Waals surface area contributed by atoms with Crippen LogP contribution in [0.25, 0.3) is 0 Å². The molecular weight excluding hydrogens is 232 g/mol. The van der Waals surface area contributed by atoms with Crippen molar-refractivity contribution in [1.29, 1.82) is 0 Å². The Morgan fingerprint density at radius 1 is 1.56 bits per heavy atom. The van der Waals surface area contributed by atoms with Crippen molar-refractivity contribution in [2.24, 2.45) is 0 Å². The first-order chi connectivity index (χ1) is 8.61. The largest absolute Gasteiger partial charge is 0.479 e. The lowest BCUT2D eigenvalue weighted by Gasteiger charge is -2.14. The molecule has 1 unspecified atom stereocenters. The molecule has 0 bridgehead atoms. The molecule has 0 aromatic heterocycles. The normalized spacial score (nSPS) is 19.2. The number of aliphatic hydroxyl groups is 1. The molecule has 4 nitrogen and oxygen atoms in total. The molecular formula is C14H18O4. The van der Waals surface area contributed by atoms with E-state index in [-0.39, 0.29) is 12.1 Å². The Morgan fingerprint density at radius 3 is 3.06 bits per heavy atom. The summed E-state index contributed by atoms with van der Waals surface area (Å²) in [5.41, 5.74) is 2.06. The molecule has 1 N–H and O–H groups in total. The van der Waals surface area contributed by atoms with Gasteiger partial charge in [-0.3, -0.25) is 0 Å². The summed E-state index contributed by atoms with van der Waals surface area (Å²) in [5, 5.41) is 9.70. The highest BCUT2D eigenvalue weighted by atomic mass is 16.6. The van der Waals surface area contributed by atoms with E-state index in [0.717, 1.165) is 24.0 Å². The minimum Gasteiger partial charge on any atom is -0.479 e. The molecule has 2 atom stereocenters. The lowest BCUT2D eigenvalue weighted by atomic mass is 10.1. The van der Waals surface area contributed by atoms with Crippen LogP contribution in [0, 0.1) is 0 Å². The van der Waals surface area contributed by atoms with Gasteiger partial charge in [-0.05, 0) is 49.9 Å². The van der Waals surface area contributed by atoms with Gasteiger partial charge in [0.05, 0.1) is 12.7 Å². The number of fused-ring (bicyclic) bond motifs is 1. The van der Waals surface area contributed by atoms with E-state index in [9.17, 15) is 9.90 Å². The third kappa shape index (κ3) is 2.64. The molecule has 1 aliphatic rings. The maximum absolute atomic E-state index is 11.4. The number of rotatable bonds is 4. The number of aliphatic hydroxyl groups excluding tert-OH is 1. The van der Waals surface area contributed by atoms with Gasteiger partial charge in [0.25, 0.3) is 0 Å². The van der Waals surface area contributed by atoms with Gasteiger partial charge in [0, 0.05) is 0 Å². The summed E-state index contributed by atoms with van der Waals surface area (Å²) in [6.07, 6.45) is 0.624. The minimum absolute atomic E-state index is 0.350. The van der Waals surface area contributed by atoms with Gasteiger partial charge in [-0.15, -0.1) is 0 Å². The molecule has 4 heteroatoms. The highest BCUT2D eigenvalue weighted by Gasteiger charge is 2.21. The van der Waals surface area contributed by atoms with Crippen LogP contribution in [-0.4, -0.2) is 23.8 Å². The van der Waals surface area contributed by atoms with E-state index in [0.29, 0.717) is 12.4 Å². The van der Waals surface area contributed by atoms with E-state index in [1.807, 2.05) is 12.1 Å². The van der Waals surface area contributed by atoms with Crippen molar-refractivity contribution in [3.8, 4) is 5.75 Å². The van der Waals surface area contributed by atoms with E-state index < -0.39 is 6.10 Å². The van der Waals surface area contributed by atoms with Crippen LogP contribution >= 0.6 is 0 Å². The van der Waals surface area contributed by atoms with Crippen molar-refractivity contribution >= 4 is 5.97 Å². The number of benzene rings is 1. The molecule has 0 saturated carbocycles. The monoisotopic (exact) mass is 250 g/mol. The van der Waals surface area contributed by atoms with Crippen molar-refractivity contribution < 1.29 is 19.4 Å². The molecule has 0 spiro atoms. The second kappa shape index (κ2) is 5.40. The second-order valence-corrected chi connectivity index (χ2v) is 4.43. The third-order valence-electron chi connectivity index (χ3n) is 3.09. The maximum Gasteiger partial charge on any atom is 0.347 e. The lowest BCUT2D eigenvalue weighted by molar-refractivity contribution is -0.150. The van der Waals surface area contributed by atoms with Gasteiger partial charge in [0.15, 0.2) is 6.10 Å². The van der Waals surface area contributed by atoms with Crippen molar-refractivity contribution in [3.63, 3.8) is 0 Å². The fraction of sp³-hybridized carbons (Fsp3) is 0.500. The Hall–Kier alpha value is -1.55. The average Bonchev–Trinajstić information content (AvgIpc) is 2.71. The molecule has 0 amide bonds. The van der Waals surface area contributed by atoms with E-state index in [1.165, 1.54) is 0 Å². The first kappa shape index (κ1) is 12.9. The molecule has 1 aromatic rings. The predicted molar refractivity (Wildman–Crippen MR) is 66.4 cm³/mol. The van der Waals surface area contributed by atoms with Crippen LogP contribution in [0.15, 0.2) is 18.2 Å². The summed E-state index contributed by atoms with van der Waals surface area (Å²) >= 11 is 0. The topological polar surface area (TPSA) is 55.8 Å². The van der Waals surface area contributed by atoms with Crippen LogP contribution in [0.2, 0.25) is 0 Å². The van der Waals surface area contributed by atoms with Crippen molar-refractivity contribution in [2.45, 2.75) is 38.9 Å². The first-order valence-electron chi connectivity index (χ1n) is 6.26. The Labute approximate surface area is 107 Å². The Morgan fingerprint density at radius 2 is 2.33 bits per heavy atom. The minimum atomic E-state index is -0.616. The number of aryl methyl sites for hydroxylation is 1. The fourth-order valence-electron chi connectivity index (χ4n) is 2.16. The molecule has 18 heavy (non-hydrogen) atoms. The van der Waals surface area contributed by atoms with Crippen molar-refractivity contribution in [3.05, 3.63) is 29.3 Å². The van der Waals surface area contributed by atoms with Crippen LogP contribution in [0.4, 0.5) is 0 Å². The van der Waals surface area contributed by atoms with E-state index >= 15 is 0 Å². The Bertz CT molecular complexity index is 441. The summed E-state index contributed by atoms with van der Waals surface area (Å²) in [6.45, 7) is 3.78. The Balaban J connectivity index is 2.05. The number of ether oxygens (including phenoxy) is 2. The highest BCUT2D eigenvalue weighted by Crippen LogP contribution is 2.33. The second-order valence-electron chi connectivity index (χ2n) is 4.43. The van der Waals surface area contributed by atoms with Crippen LogP contribution in [0.5, 0.6) is 5.75 Å². The average molecular weight is 250 g/mol. The zero-order chi connectivity index (χ0) is 13.1. The number of carbonyl (C=O) groups is 1. The highest BCUT2D eigenvalue weighted by molar-refractivity contribution is 5.74. The molecule has 0 heterocycles. The number of hydrogen-bond donors (Lipinski definition) is 1. The molecule has 98 valence electrons. The maximum atomic E-state index is 11.4. The lowest BCUT2D eigenvalue weighted by Crippen LogP contribution is -2.26. The zero-order valence-electron chi connectivity index (χ0n) is 10.7. The van der Waals surface area contributed by atoms with Gasteiger partial charge < -0.3 is 14.6 Å². The standard InChI is InChI=1S/C14H18O4/c1-3-17-14(16)9(2)18-11-5-6-12-10(8-11)4-7-13(12)15/h5-6,8-9,13,15H,3-4,7H2,1-2H3/t9?,13-/m0/s1. The van der Waals surface area contributed by atoms with Gasteiger partial charge in [0.1, 0.15) is 5.75 Å². The summed E-state index contributed by atoms with van der Waals surface area (Å²) in [5.74, 6) is 0.279. The summed E-state index contributed by atoms with van der Waals surface area (Å²) in [7, 11) is 0. The molecule has 0 saturated heterocycles. The quantitative estimate of drug-likeness (QED) is 0.830. The number of esters is 1. The molecule has 2 rings (SSSR count). The summed E-state index contributed by atoms with van der Waals surface area (Å²) in [4.78, 5) is 11.4. The molecule has 1 aliphatic carbocycles. The molecule has 0 aliphatic heterocycles. The fourth-order valence-corrected chi connectivity index (χ4v) is 2.16. The number of carbonyl (C=O) groups excluding carboxylic acids is 1. The van der Waals surface area contributed by atoms with E-state index in [2.05, 4.69) is 0 Å². The van der Waals surface area contributed by atoms with Gasteiger partial charge in [-0.2, -0.15) is 0 Å². The predicted octanol–water partition coefficient (Wildman–Crippen LogP) is 2.00. The number of hydrogen-bond acceptors (Lipinski definition) is 4. The van der Waals surface area contributed by atoms with Gasteiger partial charge in [-0.25, -0.2) is 4.79 Å². The summed E-state index contributed by atoms with van der Waals surface area (Å²) in [6, 6.07) is 5.53. The molecule has 1 aromatic carbocycles. The van der Waals surface area contributed by atoms with Gasteiger partial charge in [-0.1, -0.05) is 6.07 Å². The van der Waals surface area contributed by atoms with Crippen molar-refractivity contribution in [1.82, 2.24) is 0 Å². The molecule has 0 radical (unpaired) electrons. The zero-order valence-corrected chi connectivity index (χ0v) is 10.7. The van der Waals surface area contributed by atoms with E-state index in [4.69, 9.17) is 9.47 Å². The van der Waals surface area contributed by atoms with Crippen LogP contribution < -0.4 is 4.74 Å². The van der Waals surface area contributed by atoms with Crippen LogP contribution in [-0.2, 0) is 16.0 Å². The van der Waals surface area contributed by atoms with E-state index in [1.54, 1.807) is 19.9 Å². The molecule has 0 fully saturated rings. The smallest absolute Gasteiger partial charge is 0.347 e. The first-order valence-corrected chi connectivity index (χ1v) is 6.26. The van der Waals surface area contributed by atoms with Crippen LogP contribution in [0.3, 0.4) is 0 Å². The Kier molecular flexibility index (Phi) is 3.87. The van der Waals surface area contributed by atoms with Crippen LogP contribution in [0.1, 0.15) is 37.5 Å². The van der Waals surface area contributed by atoms with Gasteiger partial charge in [0.2, 0.25) is 0 Å². The van der Waals surface area contributed by atoms with Crippen molar-refractivity contribution in [2.75, 3.05) is 6.61 Å². The SMILES string of the molecule is CCOC(=O)C(C)Oc1ccc2c(c1)CC[C@@H]2O. The summed E-state index contributed by atoms with van der Waals surface area (Å²) < 4.78 is 10.4.